The average molecular weight is 426 g/mol. The van der Waals surface area contributed by atoms with E-state index in [1.807, 2.05) is 28.4 Å². The Morgan fingerprint density at radius 3 is 1.14 bits per heavy atom. The first-order valence-electron chi connectivity index (χ1n) is 10.4. The molecule has 2 aliphatic rings. The molecule has 0 saturated carbocycles. The summed E-state index contributed by atoms with van der Waals surface area (Å²) >= 11 is 0. The molecule has 1 aromatic carbocycles. The number of methoxy groups -OCH3 is 4. The molecule has 0 N–H and O–H groups in total. The van der Waals surface area contributed by atoms with Gasteiger partial charge in [-0.25, -0.2) is 0 Å². The van der Waals surface area contributed by atoms with Crippen molar-refractivity contribution in [2.24, 2.45) is 0 Å². The van der Waals surface area contributed by atoms with Gasteiger partial charge in [0.2, 0.25) is 0 Å². The van der Waals surface area contributed by atoms with Gasteiger partial charge in [-0.2, -0.15) is 0 Å². The molecule has 2 saturated heterocycles. The van der Waals surface area contributed by atoms with Gasteiger partial charge < -0.3 is 18.9 Å². The largest absolute Gasteiger partial charge is 0.384 e. The van der Waals surface area contributed by atoms with Crippen molar-refractivity contribution in [1.29, 1.82) is 0 Å². The normalized spacial score (nSPS) is 32.9. The maximum atomic E-state index is 5.63. The van der Waals surface area contributed by atoms with Gasteiger partial charge in [0.15, 0.2) is 0 Å². The Bertz CT molecular complexity index is 521. The summed E-state index contributed by atoms with van der Waals surface area (Å²) in [6.07, 6.45) is 5.01. The summed E-state index contributed by atoms with van der Waals surface area (Å²) in [6, 6.07) is 9.28. The number of ether oxygens (including phenoxy) is 4. The van der Waals surface area contributed by atoms with Gasteiger partial charge in [-0.15, -0.1) is 0 Å². The Kier molecular flexibility index (Phi) is 9.16. The first-order valence-corrected chi connectivity index (χ1v) is 13.3. The van der Waals surface area contributed by atoms with Crippen molar-refractivity contribution in [3.05, 3.63) is 24.3 Å². The van der Waals surface area contributed by atoms with Gasteiger partial charge in [0.1, 0.15) is 0 Å². The summed E-state index contributed by atoms with van der Waals surface area (Å²) in [6.45, 7) is 3.45. The molecular weight excluding hydrogens is 390 g/mol. The van der Waals surface area contributed by atoms with Crippen molar-refractivity contribution in [2.75, 3.05) is 54.9 Å². The standard InChI is InChI=1S/C22H36O4P2/c1-23-13-17-9-10-18(14-24-2)27(17)21-7-5-6-8-22(21)28-19(15-25-3)11-12-20(28)16-26-4/h5-8,17-20H,9-16H2,1-4H3. The van der Waals surface area contributed by atoms with Gasteiger partial charge in [0.25, 0.3) is 0 Å². The molecule has 4 atom stereocenters. The maximum absolute atomic E-state index is 5.63. The van der Waals surface area contributed by atoms with Crippen LogP contribution < -0.4 is 10.6 Å². The van der Waals surface area contributed by atoms with Gasteiger partial charge in [0.05, 0.1) is 26.4 Å². The highest BCUT2D eigenvalue weighted by Gasteiger charge is 2.42. The lowest BCUT2D eigenvalue weighted by Gasteiger charge is -2.33. The molecule has 3 rings (SSSR count). The van der Waals surface area contributed by atoms with E-state index in [1.165, 1.54) is 25.7 Å². The van der Waals surface area contributed by atoms with Crippen LogP contribution in [0.25, 0.3) is 0 Å². The predicted octanol–water partition coefficient (Wildman–Crippen LogP) is 3.55. The fourth-order valence-electron chi connectivity index (χ4n) is 5.03. The molecule has 0 aromatic heterocycles. The fraction of sp³-hybridized carbons (Fsp3) is 0.727. The Morgan fingerprint density at radius 2 is 0.893 bits per heavy atom. The molecule has 4 unspecified atom stereocenters. The molecule has 2 fully saturated rings. The number of rotatable bonds is 10. The van der Waals surface area contributed by atoms with Crippen molar-refractivity contribution < 1.29 is 18.9 Å². The molecule has 0 amide bonds. The lowest BCUT2D eigenvalue weighted by Crippen LogP contribution is -2.33. The highest BCUT2D eigenvalue weighted by atomic mass is 31.1. The molecule has 1 aromatic rings. The first-order chi connectivity index (χ1) is 13.7. The van der Waals surface area contributed by atoms with Crippen molar-refractivity contribution in [2.45, 2.75) is 48.3 Å². The summed E-state index contributed by atoms with van der Waals surface area (Å²) in [7, 11) is 6.79. The first kappa shape index (κ1) is 22.6. The van der Waals surface area contributed by atoms with E-state index in [9.17, 15) is 0 Å². The lowest BCUT2D eigenvalue weighted by molar-refractivity contribution is 0.194. The second kappa shape index (κ2) is 11.3. The zero-order chi connectivity index (χ0) is 19.9. The van der Waals surface area contributed by atoms with Crippen molar-refractivity contribution in [1.82, 2.24) is 0 Å². The molecule has 158 valence electrons. The van der Waals surface area contributed by atoms with Crippen LogP contribution in [0.5, 0.6) is 0 Å². The summed E-state index contributed by atoms with van der Waals surface area (Å²) < 4.78 is 22.5. The summed E-state index contributed by atoms with van der Waals surface area (Å²) in [4.78, 5) is 0. The van der Waals surface area contributed by atoms with E-state index in [-0.39, 0.29) is 15.8 Å². The molecule has 28 heavy (non-hydrogen) atoms. The second-order valence-corrected chi connectivity index (χ2v) is 13.4. The van der Waals surface area contributed by atoms with E-state index in [2.05, 4.69) is 24.3 Å². The minimum atomic E-state index is -0.288. The molecule has 0 spiro atoms. The predicted molar refractivity (Wildman–Crippen MR) is 121 cm³/mol. The van der Waals surface area contributed by atoms with Gasteiger partial charge in [-0.1, -0.05) is 40.1 Å². The van der Waals surface area contributed by atoms with Crippen LogP contribution in [0.2, 0.25) is 0 Å². The second-order valence-electron chi connectivity index (χ2n) is 7.89. The lowest BCUT2D eigenvalue weighted by atomic mass is 10.2. The monoisotopic (exact) mass is 426 g/mol. The van der Waals surface area contributed by atoms with E-state index in [4.69, 9.17) is 18.9 Å². The molecule has 0 bridgehead atoms. The van der Waals surface area contributed by atoms with E-state index < -0.39 is 0 Å². The summed E-state index contributed by atoms with van der Waals surface area (Å²) in [5.41, 5.74) is 2.56. The Morgan fingerprint density at radius 1 is 0.607 bits per heavy atom. The van der Waals surface area contributed by atoms with Gasteiger partial charge >= 0.3 is 0 Å². The fourth-order valence-corrected chi connectivity index (χ4v) is 12.6. The highest BCUT2D eigenvalue weighted by Crippen LogP contribution is 2.59. The molecule has 2 heterocycles. The molecule has 2 aliphatic heterocycles. The van der Waals surface area contributed by atoms with Crippen LogP contribution >= 0.6 is 15.8 Å². The van der Waals surface area contributed by atoms with E-state index in [1.54, 1.807) is 10.6 Å². The smallest absolute Gasteiger partial charge is 0.0532 e. The van der Waals surface area contributed by atoms with Crippen LogP contribution in [-0.2, 0) is 18.9 Å². The van der Waals surface area contributed by atoms with Crippen molar-refractivity contribution in [3.8, 4) is 0 Å². The van der Waals surface area contributed by atoms with Crippen molar-refractivity contribution in [3.63, 3.8) is 0 Å². The third kappa shape index (κ3) is 4.97. The summed E-state index contributed by atoms with van der Waals surface area (Å²) in [5, 5.41) is 3.21. The maximum Gasteiger partial charge on any atom is 0.0532 e. The van der Waals surface area contributed by atoms with Crippen LogP contribution in [0, 0.1) is 0 Å². The quantitative estimate of drug-likeness (QED) is 0.537. The zero-order valence-corrected chi connectivity index (χ0v) is 19.6. The van der Waals surface area contributed by atoms with Gasteiger partial charge in [-0.3, -0.25) is 0 Å². The number of hydrogen-bond acceptors (Lipinski definition) is 4. The SMILES string of the molecule is COCC1CCC(COC)P1c1ccccc1P1C(COC)CCC1COC. The van der Waals surface area contributed by atoms with Crippen LogP contribution in [-0.4, -0.2) is 77.5 Å². The van der Waals surface area contributed by atoms with Gasteiger partial charge in [0, 0.05) is 51.1 Å². The van der Waals surface area contributed by atoms with Crippen molar-refractivity contribution >= 4 is 26.5 Å². The molecule has 6 heteroatoms. The zero-order valence-electron chi connectivity index (χ0n) is 17.8. The highest BCUT2D eigenvalue weighted by molar-refractivity contribution is 7.73. The minimum Gasteiger partial charge on any atom is -0.384 e. The van der Waals surface area contributed by atoms with Crippen LogP contribution in [0.1, 0.15) is 25.7 Å². The van der Waals surface area contributed by atoms with Gasteiger partial charge in [-0.05, 0) is 36.3 Å². The van der Waals surface area contributed by atoms with Crippen LogP contribution in [0.4, 0.5) is 0 Å². The topological polar surface area (TPSA) is 36.9 Å². The molecule has 4 nitrogen and oxygen atoms in total. The van der Waals surface area contributed by atoms with Crippen LogP contribution in [0.3, 0.4) is 0 Å². The average Bonchev–Trinajstić information content (AvgIpc) is 3.27. The number of hydrogen-bond donors (Lipinski definition) is 0. The Balaban J connectivity index is 1.98. The molecule has 0 aliphatic carbocycles. The molecular formula is C22H36O4P2. The minimum absolute atomic E-state index is 0.288. The molecule has 0 radical (unpaired) electrons. The van der Waals surface area contributed by atoms with Crippen LogP contribution in [0.15, 0.2) is 24.3 Å². The third-order valence-corrected chi connectivity index (χ3v) is 13.0. The number of benzene rings is 1. The third-order valence-electron chi connectivity index (χ3n) is 6.11. The van der Waals surface area contributed by atoms with E-state index >= 15 is 0 Å². The van der Waals surface area contributed by atoms with E-state index in [0.29, 0.717) is 22.6 Å². The summed E-state index contributed by atoms with van der Waals surface area (Å²) in [5.74, 6) is 0. The Hall–Kier alpha value is -0.0800. The Labute approximate surface area is 173 Å². The van der Waals surface area contributed by atoms with E-state index in [0.717, 1.165) is 26.4 Å².